The normalized spacial score (nSPS) is 12.9. The predicted octanol–water partition coefficient (Wildman–Crippen LogP) is 3.53. The summed E-state index contributed by atoms with van der Waals surface area (Å²) < 4.78 is 29.2. The zero-order valence-electron chi connectivity index (χ0n) is 9.22. The zero-order valence-corrected chi connectivity index (χ0v) is 10.7. The van der Waals surface area contributed by atoms with Crippen LogP contribution in [0.4, 0.5) is 8.78 Å². The molecule has 0 aliphatic rings. The molecule has 0 saturated heterocycles. The lowest BCUT2D eigenvalue weighted by molar-refractivity contribution is 0.0814. The van der Waals surface area contributed by atoms with Crippen LogP contribution in [0, 0.1) is 0 Å². The standard InChI is InChI=1S/C11H13Cl2F2NO/c1-6(16)2-7-3-8(12)4-9(13)11(7)17-5-10(14)15/h3-4,6,10H,2,5,16H2,1H3. The Kier molecular flexibility index (Phi) is 5.43. The number of hydrogen-bond donors (Lipinski definition) is 1. The van der Waals surface area contributed by atoms with Gasteiger partial charge in [-0.15, -0.1) is 0 Å². The van der Waals surface area contributed by atoms with Crippen LogP contribution in [0.2, 0.25) is 10.0 Å². The molecule has 2 nitrogen and oxygen atoms in total. The first-order valence-electron chi connectivity index (χ1n) is 5.04. The largest absolute Gasteiger partial charge is 0.486 e. The molecule has 6 heteroatoms. The van der Waals surface area contributed by atoms with Crippen molar-refractivity contribution >= 4 is 23.2 Å². The van der Waals surface area contributed by atoms with Gasteiger partial charge in [0.25, 0.3) is 6.43 Å². The van der Waals surface area contributed by atoms with E-state index in [1.807, 2.05) is 0 Å². The first-order chi connectivity index (χ1) is 7.90. The molecule has 0 bridgehead atoms. The molecule has 1 atom stereocenters. The van der Waals surface area contributed by atoms with Crippen LogP contribution in [0.3, 0.4) is 0 Å². The fraction of sp³-hybridized carbons (Fsp3) is 0.455. The maximum absolute atomic E-state index is 12.1. The Morgan fingerprint density at radius 3 is 2.53 bits per heavy atom. The maximum atomic E-state index is 12.1. The van der Waals surface area contributed by atoms with Gasteiger partial charge in [-0.1, -0.05) is 23.2 Å². The minimum absolute atomic E-state index is 0.140. The summed E-state index contributed by atoms with van der Waals surface area (Å²) in [5, 5.41) is 0.642. The van der Waals surface area contributed by atoms with Gasteiger partial charge in [0.05, 0.1) is 5.02 Å². The minimum Gasteiger partial charge on any atom is -0.486 e. The van der Waals surface area contributed by atoms with Crippen LogP contribution in [-0.4, -0.2) is 19.1 Å². The molecule has 96 valence electrons. The number of ether oxygens (including phenoxy) is 1. The topological polar surface area (TPSA) is 35.2 Å². The van der Waals surface area contributed by atoms with Gasteiger partial charge in [0.2, 0.25) is 0 Å². The third kappa shape index (κ3) is 4.66. The number of nitrogens with two attached hydrogens (primary N) is 1. The minimum atomic E-state index is -2.55. The molecule has 1 unspecified atom stereocenters. The van der Waals surface area contributed by atoms with E-state index in [4.69, 9.17) is 33.7 Å². The van der Waals surface area contributed by atoms with Crippen molar-refractivity contribution in [3.05, 3.63) is 27.7 Å². The Bertz CT molecular complexity index is 386. The Morgan fingerprint density at radius 1 is 1.35 bits per heavy atom. The van der Waals surface area contributed by atoms with Gasteiger partial charge in [-0.2, -0.15) is 0 Å². The lowest BCUT2D eigenvalue weighted by Crippen LogP contribution is -2.19. The Hall–Kier alpha value is -0.580. The third-order valence-corrected chi connectivity index (χ3v) is 2.48. The summed E-state index contributed by atoms with van der Waals surface area (Å²) in [5.74, 6) is 0.230. The van der Waals surface area contributed by atoms with E-state index < -0.39 is 13.0 Å². The fourth-order valence-electron chi connectivity index (χ4n) is 1.42. The van der Waals surface area contributed by atoms with E-state index in [-0.39, 0.29) is 16.8 Å². The lowest BCUT2D eigenvalue weighted by atomic mass is 10.1. The highest BCUT2D eigenvalue weighted by molar-refractivity contribution is 6.35. The molecule has 2 N–H and O–H groups in total. The molecule has 17 heavy (non-hydrogen) atoms. The first kappa shape index (κ1) is 14.5. The van der Waals surface area contributed by atoms with Crippen LogP contribution in [0.25, 0.3) is 0 Å². The summed E-state index contributed by atoms with van der Waals surface area (Å²) in [7, 11) is 0. The number of halogens is 4. The number of hydrogen-bond acceptors (Lipinski definition) is 2. The number of rotatable bonds is 5. The molecule has 0 aliphatic heterocycles. The number of alkyl halides is 2. The molecular formula is C11H13Cl2F2NO. The Balaban J connectivity index is 2.98. The zero-order chi connectivity index (χ0) is 13.0. The summed E-state index contributed by atoms with van der Waals surface area (Å²) >= 11 is 11.7. The molecule has 0 aromatic heterocycles. The van der Waals surface area contributed by atoms with Gasteiger partial charge in [-0.05, 0) is 31.0 Å². The second kappa shape index (κ2) is 6.38. The molecule has 0 aliphatic carbocycles. The molecule has 1 aromatic carbocycles. The summed E-state index contributed by atoms with van der Waals surface area (Å²) in [6.45, 7) is 1.10. The van der Waals surface area contributed by atoms with Crippen LogP contribution >= 0.6 is 23.2 Å². The van der Waals surface area contributed by atoms with E-state index in [9.17, 15) is 8.78 Å². The van der Waals surface area contributed by atoms with Gasteiger partial charge in [-0.25, -0.2) is 8.78 Å². The summed E-state index contributed by atoms with van der Waals surface area (Å²) in [6, 6.07) is 2.94. The smallest absolute Gasteiger partial charge is 0.272 e. The van der Waals surface area contributed by atoms with Crippen LogP contribution in [0.15, 0.2) is 12.1 Å². The second-order valence-electron chi connectivity index (χ2n) is 3.76. The van der Waals surface area contributed by atoms with Crippen molar-refractivity contribution in [1.82, 2.24) is 0 Å². The van der Waals surface area contributed by atoms with Crippen molar-refractivity contribution in [1.29, 1.82) is 0 Å². The van der Waals surface area contributed by atoms with Gasteiger partial charge in [0.1, 0.15) is 12.4 Å². The lowest BCUT2D eigenvalue weighted by Gasteiger charge is -2.15. The van der Waals surface area contributed by atoms with E-state index in [1.54, 1.807) is 13.0 Å². The average Bonchev–Trinajstić information content (AvgIpc) is 2.14. The highest BCUT2D eigenvalue weighted by atomic mass is 35.5. The fourth-order valence-corrected chi connectivity index (χ4v) is 2.01. The van der Waals surface area contributed by atoms with Crippen molar-refractivity contribution in [3.63, 3.8) is 0 Å². The highest BCUT2D eigenvalue weighted by Crippen LogP contribution is 2.33. The molecular weight excluding hydrogens is 271 g/mol. The molecule has 0 saturated carbocycles. The van der Waals surface area contributed by atoms with Crippen molar-refractivity contribution in [2.45, 2.75) is 25.8 Å². The summed E-state index contributed by atoms with van der Waals surface area (Å²) in [6.07, 6.45) is -2.09. The molecule has 1 aromatic rings. The first-order valence-corrected chi connectivity index (χ1v) is 5.80. The third-order valence-electron chi connectivity index (χ3n) is 1.98. The van der Waals surface area contributed by atoms with Gasteiger partial charge in [0.15, 0.2) is 0 Å². The summed E-state index contributed by atoms with van der Waals surface area (Å²) in [4.78, 5) is 0. The van der Waals surface area contributed by atoms with Crippen molar-refractivity contribution < 1.29 is 13.5 Å². The molecule has 0 amide bonds. The van der Waals surface area contributed by atoms with Crippen LogP contribution in [-0.2, 0) is 6.42 Å². The van der Waals surface area contributed by atoms with Gasteiger partial charge in [-0.3, -0.25) is 0 Å². The monoisotopic (exact) mass is 283 g/mol. The molecule has 0 radical (unpaired) electrons. The van der Waals surface area contributed by atoms with Crippen molar-refractivity contribution in [2.24, 2.45) is 5.73 Å². The molecule has 0 fully saturated rings. The van der Waals surface area contributed by atoms with Gasteiger partial charge >= 0.3 is 0 Å². The van der Waals surface area contributed by atoms with Gasteiger partial charge < -0.3 is 10.5 Å². The van der Waals surface area contributed by atoms with Gasteiger partial charge in [0, 0.05) is 11.1 Å². The van der Waals surface area contributed by atoms with E-state index in [0.717, 1.165) is 0 Å². The SMILES string of the molecule is CC(N)Cc1cc(Cl)cc(Cl)c1OCC(F)F. The van der Waals surface area contributed by atoms with E-state index in [0.29, 0.717) is 17.0 Å². The second-order valence-corrected chi connectivity index (χ2v) is 4.60. The van der Waals surface area contributed by atoms with Crippen molar-refractivity contribution in [2.75, 3.05) is 6.61 Å². The molecule has 0 spiro atoms. The van der Waals surface area contributed by atoms with Crippen LogP contribution < -0.4 is 10.5 Å². The number of benzene rings is 1. The molecule has 0 heterocycles. The van der Waals surface area contributed by atoms with E-state index in [1.165, 1.54) is 6.07 Å². The molecule has 1 rings (SSSR count). The maximum Gasteiger partial charge on any atom is 0.272 e. The highest BCUT2D eigenvalue weighted by Gasteiger charge is 2.14. The predicted molar refractivity (Wildman–Crippen MR) is 65.3 cm³/mol. The Labute approximate surface area is 109 Å². The van der Waals surface area contributed by atoms with Crippen LogP contribution in [0.5, 0.6) is 5.75 Å². The van der Waals surface area contributed by atoms with Crippen molar-refractivity contribution in [3.8, 4) is 5.75 Å². The summed E-state index contributed by atoms with van der Waals surface area (Å²) in [5.41, 5.74) is 6.30. The van der Waals surface area contributed by atoms with E-state index >= 15 is 0 Å². The average molecular weight is 284 g/mol. The van der Waals surface area contributed by atoms with Crippen LogP contribution in [0.1, 0.15) is 12.5 Å². The van der Waals surface area contributed by atoms with E-state index in [2.05, 4.69) is 0 Å². The Morgan fingerprint density at radius 2 is 2.00 bits per heavy atom. The quantitative estimate of drug-likeness (QED) is 0.897.